The van der Waals surface area contributed by atoms with Crippen molar-refractivity contribution in [1.82, 2.24) is 4.90 Å². The number of carbonyl (C=O) groups is 1. The molecule has 1 aliphatic rings. The van der Waals surface area contributed by atoms with Crippen LogP contribution in [0.5, 0.6) is 0 Å². The molecule has 1 aliphatic heterocycles. The van der Waals surface area contributed by atoms with Crippen LogP contribution < -0.4 is 5.19 Å². The summed E-state index contributed by atoms with van der Waals surface area (Å²) in [6.07, 6.45) is 1.08. The van der Waals surface area contributed by atoms with Gasteiger partial charge in [0.05, 0.1) is 18.8 Å². The molecular formula is C32H47NO4Si2. The fraction of sp³-hybridized carbons (Fsp3) is 0.531. The van der Waals surface area contributed by atoms with E-state index in [-0.39, 0.29) is 23.3 Å². The van der Waals surface area contributed by atoms with E-state index in [4.69, 9.17) is 13.6 Å². The van der Waals surface area contributed by atoms with Gasteiger partial charge in [-0.15, -0.1) is 5.54 Å². The molecule has 1 fully saturated rings. The SMILES string of the molecule is CC(C)(C)OC(=O)N1CCC[C@H](O[Si](OCC#C[Si](C)(C)C)(c2ccccc2)C(C)(C)C)[C@@H]1c1ccccc1. The molecule has 3 atom stereocenters. The maximum absolute atomic E-state index is 13.5. The number of nitrogens with zero attached hydrogens (tertiary/aromatic N) is 1. The third-order valence-corrected chi connectivity index (χ3v) is 11.8. The Morgan fingerprint density at radius 1 is 0.949 bits per heavy atom. The Hall–Kier alpha value is -2.38. The van der Waals surface area contributed by atoms with E-state index in [1.165, 1.54) is 0 Å². The van der Waals surface area contributed by atoms with Crippen LogP contribution in [-0.4, -0.2) is 52.5 Å². The Bertz CT molecular complexity index is 1140. The predicted molar refractivity (Wildman–Crippen MR) is 165 cm³/mol. The third kappa shape index (κ3) is 8.31. The summed E-state index contributed by atoms with van der Waals surface area (Å²) in [5.41, 5.74) is 3.89. The minimum Gasteiger partial charge on any atom is -0.444 e. The van der Waals surface area contributed by atoms with Crippen LogP contribution in [0, 0.1) is 11.5 Å². The number of hydrogen-bond donors (Lipinski definition) is 0. The molecule has 0 aromatic heterocycles. The molecule has 3 rings (SSSR count). The van der Waals surface area contributed by atoms with Crippen molar-refractivity contribution in [2.24, 2.45) is 0 Å². The third-order valence-electron chi connectivity index (χ3n) is 6.61. The van der Waals surface area contributed by atoms with Crippen LogP contribution in [0.1, 0.15) is 66.0 Å². The van der Waals surface area contributed by atoms with E-state index in [0.717, 1.165) is 23.6 Å². The molecule has 0 saturated carbocycles. The van der Waals surface area contributed by atoms with E-state index < -0.39 is 22.2 Å². The van der Waals surface area contributed by atoms with Crippen molar-refractivity contribution >= 4 is 27.9 Å². The van der Waals surface area contributed by atoms with Gasteiger partial charge >= 0.3 is 14.7 Å². The van der Waals surface area contributed by atoms with Gasteiger partial charge in [0, 0.05) is 11.6 Å². The average Bonchev–Trinajstić information content (AvgIpc) is 2.84. The Kier molecular flexibility index (Phi) is 9.93. The highest BCUT2D eigenvalue weighted by atomic mass is 28.4. The number of hydrogen-bond acceptors (Lipinski definition) is 4. The van der Waals surface area contributed by atoms with Gasteiger partial charge in [-0.25, -0.2) is 4.79 Å². The molecular weight excluding hydrogens is 519 g/mol. The van der Waals surface area contributed by atoms with Gasteiger partial charge in [-0.1, -0.05) is 107 Å². The lowest BCUT2D eigenvalue weighted by Crippen LogP contribution is -2.63. The van der Waals surface area contributed by atoms with E-state index in [0.29, 0.717) is 13.2 Å². The van der Waals surface area contributed by atoms with Gasteiger partial charge in [-0.2, -0.15) is 0 Å². The molecule has 1 unspecified atom stereocenters. The van der Waals surface area contributed by atoms with Crippen molar-refractivity contribution < 1.29 is 18.4 Å². The van der Waals surface area contributed by atoms with E-state index in [1.54, 1.807) is 0 Å². The quantitative estimate of drug-likeness (QED) is 0.275. The van der Waals surface area contributed by atoms with Crippen LogP contribution in [0.3, 0.4) is 0 Å². The first kappa shape index (κ1) is 31.2. The van der Waals surface area contributed by atoms with Crippen molar-refractivity contribution in [3.63, 3.8) is 0 Å². The smallest absolute Gasteiger partial charge is 0.410 e. The van der Waals surface area contributed by atoms with Crippen LogP contribution in [0.4, 0.5) is 4.79 Å². The van der Waals surface area contributed by atoms with Gasteiger partial charge in [0.1, 0.15) is 13.7 Å². The zero-order chi connectivity index (χ0) is 28.9. The zero-order valence-corrected chi connectivity index (χ0v) is 27.3. The Morgan fingerprint density at radius 3 is 2.08 bits per heavy atom. The molecule has 1 saturated heterocycles. The lowest BCUT2D eigenvalue weighted by Gasteiger charge is -2.48. The maximum Gasteiger partial charge on any atom is 0.410 e. The monoisotopic (exact) mass is 565 g/mol. The molecule has 0 bridgehead atoms. The van der Waals surface area contributed by atoms with E-state index in [1.807, 2.05) is 62.1 Å². The maximum atomic E-state index is 13.5. The Balaban J connectivity index is 2.09. The minimum absolute atomic E-state index is 0.260. The molecule has 0 radical (unpaired) electrons. The number of benzene rings is 2. The lowest BCUT2D eigenvalue weighted by molar-refractivity contribution is -0.0272. The van der Waals surface area contributed by atoms with Crippen LogP contribution in [0.25, 0.3) is 0 Å². The number of ether oxygens (including phenoxy) is 1. The molecule has 39 heavy (non-hydrogen) atoms. The van der Waals surface area contributed by atoms with E-state index in [9.17, 15) is 4.79 Å². The second-order valence-corrected chi connectivity index (χ2v) is 22.0. The summed E-state index contributed by atoms with van der Waals surface area (Å²) < 4.78 is 20.1. The molecule has 2 aromatic rings. The molecule has 1 heterocycles. The van der Waals surface area contributed by atoms with Crippen LogP contribution in [0.15, 0.2) is 60.7 Å². The highest BCUT2D eigenvalue weighted by Gasteiger charge is 2.54. The average molecular weight is 566 g/mol. The largest absolute Gasteiger partial charge is 0.444 e. The first-order chi connectivity index (χ1) is 18.1. The number of rotatable bonds is 6. The summed E-state index contributed by atoms with van der Waals surface area (Å²) in [4.78, 5) is 15.3. The van der Waals surface area contributed by atoms with Gasteiger partial charge in [0.15, 0.2) is 0 Å². The number of carbonyl (C=O) groups excluding carboxylic acids is 1. The van der Waals surface area contributed by atoms with Crippen molar-refractivity contribution in [2.75, 3.05) is 13.2 Å². The summed E-state index contributed by atoms with van der Waals surface area (Å²) in [7, 11) is -4.65. The highest BCUT2D eigenvalue weighted by molar-refractivity contribution is 6.84. The first-order valence-electron chi connectivity index (χ1n) is 14.0. The number of likely N-dealkylation sites (tertiary alicyclic amines) is 1. The molecule has 0 aliphatic carbocycles. The predicted octanol–water partition coefficient (Wildman–Crippen LogP) is 7.19. The Morgan fingerprint density at radius 2 is 1.54 bits per heavy atom. The van der Waals surface area contributed by atoms with Gasteiger partial charge in [-0.05, 0) is 44.4 Å². The van der Waals surface area contributed by atoms with Crippen LogP contribution >= 0.6 is 0 Å². The molecule has 0 N–H and O–H groups in total. The summed E-state index contributed by atoms with van der Waals surface area (Å²) >= 11 is 0. The topological polar surface area (TPSA) is 48.0 Å². The molecule has 1 amide bonds. The molecule has 212 valence electrons. The second kappa shape index (κ2) is 12.4. The fourth-order valence-corrected chi connectivity index (χ4v) is 9.18. The van der Waals surface area contributed by atoms with Gasteiger partial charge in [0.25, 0.3) is 0 Å². The number of piperidine rings is 1. The summed E-state index contributed by atoms with van der Waals surface area (Å²) in [6.45, 7) is 20.0. The Labute approximate surface area is 238 Å². The lowest BCUT2D eigenvalue weighted by atomic mass is 9.93. The van der Waals surface area contributed by atoms with Crippen molar-refractivity contribution in [1.29, 1.82) is 0 Å². The summed E-state index contributed by atoms with van der Waals surface area (Å²) in [5, 5.41) is 0.776. The fourth-order valence-electron chi connectivity index (χ4n) is 4.98. The van der Waals surface area contributed by atoms with Crippen LogP contribution in [0.2, 0.25) is 24.7 Å². The van der Waals surface area contributed by atoms with E-state index >= 15 is 0 Å². The summed E-state index contributed by atoms with van der Waals surface area (Å²) in [5.74, 6) is 3.32. The van der Waals surface area contributed by atoms with Crippen molar-refractivity contribution in [2.45, 2.75) is 96.8 Å². The van der Waals surface area contributed by atoms with Crippen LogP contribution in [-0.2, 0) is 13.6 Å². The molecule has 7 heteroatoms. The van der Waals surface area contributed by atoms with Crippen molar-refractivity contribution in [3.05, 3.63) is 66.2 Å². The summed E-state index contributed by atoms with van der Waals surface area (Å²) in [6, 6.07) is 20.3. The molecule has 0 spiro atoms. The highest BCUT2D eigenvalue weighted by Crippen LogP contribution is 2.43. The number of amides is 1. The molecule has 2 aromatic carbocycles. The first-order valence-corrected chi connectivity index (χ1v) is 19.4. The normalized spacial score (nSPS) is 20.0. The van der Waals surface area contributed by atoms with Crippen molar-refractivity contribution in [3.8, 4) is 11.5 Å². The van der Waals surface area contributed by atoms with E-state index in [2.05, 4.69) is 76.1 Å². The minimum atomic E-state index is -3.11. The zero-order valence-electron chi connectivity index (χ0n) is 25.3. The van der Waals surface area contributed by atoms with Gasteiger partial charge in [-0.3, -0.25) is 4.90 Å². The van der Waals surface area contributed by atoms with Gasteiger partial charge in [0.2, 0.25) is 0 Å². The van der Waals surface area contributed by atoms with Gasteiger partial charge < -0.3 is 13.6 Å². The second-order valence-electron chi connectivity index (χ2n) is 13.4. The standard InChI is InChI=1S/C32H47NO4Si2/c1-31(2,3)36-30(34)33-23-16-22-28(29(33)26-18-12-10-13-19-26)37-39(32(4,5)6,27-20-14-11-15-21-27)35-24-17-25-38(7,8)9/h10-15,18-21,28-29H,16,22-24H2,1-9H3/t28-,29-,39?/m0/s1. The molecule has 5 nitrogen and oxygen atoms in total.